The Morgan fingerprint density at radius 2 is 2.19 bits per heavy atom. The van der Waals surface area contributed by atoms with Gasteiger partial charge in [-0.2, -0.15) is 4.98 Å². The molecule has 3 heterocycles. The highest BCUT2D eigenvalue weighted by molar-refractivity contribution is 7.17. The average molecular weight is 373 g/mol. The van der Waals surface area contributed by atoms with E-state index < -0.39 is 5.97 Å². The molecule has 3 aromatic heterocycles. The number of methoxy groups -OCH3 is 1. The lowest BCUT2D eigenvalue weighted by atomic mass is 10.2. The first kappa shape index (κ1) is 17.7. The van der Waals surface area contributed by atoms with Gasteiger partial charge < -0.3 is 14.6 Å². The average Bonchev–Trinajstić information content (AvgIpc) is 3.27. The molecule has 10 heteroatoms. The maximum absolute atomic E-state index is 12.1. The van der Waals surface area contributed by atoms with Crippen molar-refractivity contribution in [1.82, 2.24) is 20.1 Å². The van der Waals surface area contributed by atoms with Crippen molar-refractivity contribution in [1.29, 1.82) is 0 Å². The molecule has 0 spiro atoms. The van der Waals surface area contributed by atoms with Crippen molar-refractivity contribution in [3.8, 4) is 11.4 Å². The molecule has 0 bridgehead atoms. The van der Waals surface area contributed by atoms with E-state index in [0.717, 1.165) is 16.9 Å². The third kappa shape index (κ3) is 4.09. The summed E-state index contributed by atoms with van der Waals surface area (Å²) in [6, 6.07) is 3.59. The smallest absolute Gasteiger partial charge is 0.350 e. The number of ether oxygens (including phenoxy) is 1. The molecule has 0 aliphatic carbocycles. The number of hydrogen-bond acceptors (Lipinski definition) is 9. The molecule has 26 heavy (non-hydrogen) atoms. The van der Waals surface area contributed by atoms with Crippen LogP contribution in [0.3, 0.4) is 0 Å². The molecule has 0 atom stereocenters. The summed E-state index contributed by atoms with van der Waals surface area (Å²) in [4.78, 5) is 36.4. The first-order chi connectivity index (χ1) is 12.6. The van der Waals surface area contributed by atoms with Crippen LogP contribution in [0.15, 0.2) is 29.0 Å². The highest BCUT2D eigenvalue weighted by Gasteiger charge is 2.17. The maximum atomic E-state index is 12.1. The number of pyridine rings is 1. The number of anilines is 1. The second kappa shape index (κ2) is 7.83. The van der Waals surface area contributed by atoms with Crippen LogP contribution < -0.4 is 5.32 Å². The predicted octanol–water partition coefficient (Wildman–Crippen LogP) is 2.25. The molecule has 1 N–H and O–H groups in total. The van der Waals surface area contributed by atoms with Crippen LogP contribution in [0.2, 0.25) is 0 Å². The minimum Gasteiger partial charge on any atom is -0.465 e. The number of aryl methyl sites for hydroxylation is 2. The van der Waals surface area contributed by atoms with Crippen molar-refractivity contribution < 1.29 is 18.8 Å². The van der Waals surface area contributed by atoms with E-state index in [4.69, 9.17) is 4.52 Å². The molecule has 3 rings (SSSR count). The summed E-state index contributed by atoms with van der Waals surface area (Å²) in [5, 5.41) is 6.87. The Bertz CT molecular complexity index is 922. The van der Waals surface area contributed by atoms with Gasteiger partial charge in [0.25, 0.3) is 0 Å². The minimum atomic E-state index is -0.478. The zero-order valence-corrected chi connectivity index (χ0v) is 14.9. The van der Waals surface area contributed by atoms with Gasteiger partial charge in [0.15, 0.2) is 5.13 Å². The number of nitrogens with one attached hydrogen (secondary N) is 1. The minimum absolute atomic E-state index is 0.140. The summed E-state index contributed by atoms with van der Waals surface area (Å²) in [5.74, 6) is 0.0296. The quantitative estimate of drug-likeness (QED) is 0.653. The fourth-order valence-electron chi connectivity index (χ4n) is 2.10. The van der Waals surface area contributed by atoms with E-state index in [0.29, 0.717) is 27.4 Å². The first-order valence-corrected chi connectivity index (χ1v) is 8.47. The fourth-order valence-corrected chi connectivity index (χ4v) is 3.00. The third-order valence-electron chi connectivity index (χ3n) is 3.37. The van der Waals surface area contributed by atoms with Gasteiger partial charge in [-0.1, -0.05) is 16.5 Å². The van der Waals surface area contributed by atoms with Crippen LogP contribution >= 0.6 is 11.3 Å². The summed E-state index contributed by atoms with van der Waals surface area (Å²) >= 11 is 1.07. The third-order valence-corrected chi connectivity index (χ3v) is 4.42. The number of rotatable bonds is 6. The van der Waals surface area contributed by atoms with Gasteiger partial charge >= 0.3 is 5.97 Å². The number of carbonyl (C=O) groups excluding carboxylic acids is 2. The second-order valence-corrected chi connectivity index (χ2v) is 6.23. The Hall–Kier alpha value is -3.14. The van der Waals surface area contributed by atoms with Gasteiger partial charge in [-0.25, -0.2) is 9.78 Å². The highest BCUT2D eigenvalue weighted by atomic mass is 32.1. The van der Waals surface area contributed by atoms with Crippen molar-refractivity contribution in [2.75, 3.05) is 12.4 Å². The van der Waals surface area contributed by atoms with Crippen LogP contribution in [0.1, 0.15) is 27.7 Å². The van der Waals surface area contributed by atoms with Gasteiger partial charge in [-0.15, -0.1) is 0 Å². The zero-order chi connectivity index (χ0) is 18.5. The number of esters is 1. The van der Waals surface area contributed by atoms with Gasteiger partial charge in [-0.3, -0.25) is 9.78 Å². The van der Waals surface area contributed by atoms with E-state index in [9.17, 15) is 9.59 Å². The van der Waals surface area contributed by atoms with Crippen LogP contribution in [0, 0.1) is 6.92 Å². The van der Waals surface area contributed by atoms with Crippen LogP contribution in [0.25, 0.3) is 11.4 Å². The Labute approximate surface area is 152 Å². The summed E-state index contributed by atoms with van der Waals surface area (Å²) in [7, 11) is 1.30. The van der Waals surface area contributed by atoms with E-state index in [2.05, 4.69) is 30.2 Å². The predicted molar refractivity (Wildman–Crippen MR) is 92.7 cm³/mol. The number of thiazole rings is 1. The van der Waals surface area contributed by atoms with Gasteiger partial charge in [0, 0.05) is 30.8 Å². The summed E-state index contributed by atoms with van der Waals surface area (Å²) in [6.07, 6.45) is 3.71. The highest BCUT2D eigenvalue weighted by Crippen LogP contribution is 2.23. The molecular weight excluding hydrogens is 358 g/mol. The molecule has 0 radical (unpaired) electrons. The largest absolute Gasteiger partial charge is 0.465 e. The topological polar surface area (TPSA) is 120 Å². The molecule has 0 aromatic carbocycles. The lowest BCUT2D eigenvalue weighted by molar-refractivity contribution is -0.116. The van der Waals surface area contributed by atoms with Gasteiger partial charge in [-0.05, 0) is 19.1 Å². The van der Waals surface area contributed by atoms with E-state index >= 15 is 0 Å². The van der Waals surface area contributed by atoms with E-state index in [1.54, 1.807) is 25.4 Å². The van der Waals surface area contributed by atoms with Crippen molar-refractivity contribution in [2.24, 2.45) is 0 Å². The molecule has 0 saturated carbocycles. The Morgan fingerprint density at radius 3 is 2.92 bits per heavy atom. The van der Waals surface area contributed by atoms with Crippen molar-refractivity contribution in [3.63, 3.8) is 0 Å². The molecule has 9 nitrogen and oxygen atoms in total. The fraction of sp³-hybridized carbons (Fsp3) is 0.250. The molecule has 3 aromatic rings. The maximum Gasteiger partial charge on any atom is 0.350 e. The standard InChI is InChI=1S/C16H15N5O4S/c1-9-13(15(23)24-2)26-16(18-9)19-11(22)5-6-12-20-14(21-25-12)10-4-3-7-17-8-10/h3-4,7-8H,5-6H2,1-2H3,(H,18,19,22). The molecule has 1 amide bonds. The number of nitrogens with zero attached hydrogens (tertiary/aromatic N) is 4. The van der Waals surface area contributed by atoms with E-state index in [1.165, 1.54) is 7.11 Å². The Morgan fingerprint density at radius 1 is 1.35 bits per heavy atom. The van der Waals surface area contributed by atoms with E-state index in [-0.39, 0.29) is 18.7 Å². The number of carbonyl (C=O) groups is 2. The van der Waals surface area contributed by atoms with Crippen molar-refractivity contribution in [2.45, 2.75) is 19.8 Å². The molecular formula is C16H15N5O4S. The molecule has 0 aliphatic rings. The lowest BCUT2D eigenvalue weighted by Gasteiger charge is -1.98. The Balaban J connectivity index is 1.56. The van der Waals surface area contributed by atoms with Crippen LogP contribution in [-0.2, 0) is 16.0 Å². The van der Waals surface area contributed by atoms with Gasteiger partial charge in [0.2, 0.25) is 17.6 Å². The molecule has 0 saturated heterocycles. The monoisotopic (exact) mass is 373 g/mol. The van der Waals surface area contributed by atoms with Crippen LogP contribution in [0.5, 0.6) is 0 Å². The molecule has 0 aliphatic heterocycles. The number of amides is 1. The lowest BCUT2D eigenvalue weighted by Crippen LogP contribution is -2.12. The first-order valence-electron chi connectivity index (χ1n) is 7.65. The van der Waals surface area contributed by atoms with E-state index in [1.807, 2.05) is 6.07 Å². The summed E-state index contributed by atoms with van der Waals surface area (Å²) in [5.41, 5.74) is 1.25. The normalized spacial score (nSPS) is 10.5. The van der Waals surface area contributed by atoms with Crippen LogP contribution in [-0.4, -0.2) is 39.1 Å². The van der Waals surface area contributed by atoms with Gasteiger partial charge in [0.05, 0.1) is 12.8 Å². The SMILES string of the molecule is COC(=O)c1sc(NC(=O)CCc2nc(-c3cccnc3)no2)nc1C. The molecule has 0 unspecified atom stereocenters. The van der Waals surface area contributed by atoms with Crippen molar-refractivity contribution >= 4 is 28.3 Å². The number of hydrogen-bond donors (Lipinski definition) is 1. The number of aromatic nitrogens is 4. The summed E-state index contributed by atoms with van der Waals surface area (Å²) < 4.78 is 9.81. The van der Waals surface area contributed by atoms with Crippen molar-refractivity contribution in [3.05, 3.63) is 41.0 Å². The Kier molecular flexibility index (Phi) is 5.32. The molecule has 134 valence electrons. The second-order valence-electron chi connectivity index (χ2n) is 5.23. The zero-order valence-electron chi connectivity index (χ0n) is 14.1. The molecule has 0 fully saturated rings. The van der Waals surface area contributed by atoms with Gasteiger partial charge in [0.1, 0.15) is 4.88 Å². The summed E-state index contributed by atoms with van der Waals surface area (Å²) in [6.45, 7) is 1.68. The van der Waals surface area contributed by atoms with Crippen LogP contribution in [0.4, 0.5) is 5.13 Å².